The molecule has 1 amide bonds. The lowest BCUT2D eigenvalue weighted by molar-refractivity contribution is 0.101. The van der Waals surface area contributed by atoms with E-state index in [2.05, 4.69) is 5.32 Å². The monoisotopic (exact) mass is 273 g/mol. The number of aryl methyl sites for hydroxylation is 1. The van der Waals surface area contributed by atoms with Crippen LogP contribution in [0.5, 0.6) is 0 Å². The summed E-state index contributed by atoms with van der Waals surface area (Å²) in [6.45, 7) is 1.68. The van der Waals surface area contributed by atoms with Crippen molar-refractivity contribution in [1.82, 2.24) is 4.57 Å². The van der Waals surface area contributed by atoms with Crippen molar-refractivity contribution < 1.29 is 9.18 Å². The lowest BCUT2D eigenvalue weighted by Crippen LogP contribution is -2.16. The van der Waals surface area contributed by atoms with Crippen molar-refractivity contribution in [2.45, 2.75) is 25.8 Å². The molecular formula is C15H16FN3O. The number of halogens is 1. The number of nitrogens with one attached hydrogen (secondary N) is 1. The summed E-state index contributed by atoms with van der Waals surface area (Å²) in [7, 11) is 0. The molecule has 3 rings (SSSR count). The van der Waals surface area contributed by atoms with Crippen LogP contribution >= 0.6 is 0 Å². The van der Waals surface area contributed by atoms with Crippen LogP contribution < -0.4 is 11.1 Å². The number of carbonyl (C=O) groups excluding carboxylic acids is 1. The van der Waals surface area contributed by atoms with Gasteiger partial charge in [-0.2, -0.15) is 0 Å². The van der Waals surface area contributed by atoms with Crippen molar-refractivity contribution in [3.05, 3.63) is 47.5 Å². The summed E-state index contributed by atoms with van der Waals surface area (Å²) in [6, 6.07) is 6.66. The minimum atomic E-state index is -0.333. The molecule has 1 saturated carbocycles. The first-order valence-electron chi connectivity index (χ1n) is 6.59. The van der Waals surface area contributed by atoms with E-state index in [1.807, 2.05) is 4.57 Å². The maximum atomic E-state index is 13.5. The smallest absolute Gasteiger partial charge is 0.272 e. The zero-order valence-corrected chi connectivity index (χ0v) is 11.2. The molecule has 0 spiro atoms. The number of anilines is 2. The predicted octanol–water partition coefficient (Wildman–Crippen LogP) is 3.11. The van der Waals surface area contributed by atoms with Crippen molar-refractivity contribution in [1.29, 1.82) is 0 Å². The van der Waals surface area contributed by atoms with Gasteiger partial charge in [-0.3, -0.25) is 4.79 Å². The van der Waals surface area contributed by atoms with Crippen molar-refractivity contribution in [2.75, 3.05) is 11.1 Å². The molecule has 0 atom stereocenters. The number of benzene rings is 1. The quantitative estimate of drug-likeness (QED) is 0.902. The van der Waals surface area contributed by atoms with E-state index in [0.29, 0.717) is 28.7 Å². The van der Waals surface area contributed by atoms with E-state index >= 15 is 0 Å². The Bertz CT molecular complexity index is 674. The van der Waals surface area contributed by atoms with Gasteiger partial charge < -0.3 is 15.6 Å². The van der Waals surface area contributed by atoms with Crippen molar-refractivity contribution in [2.24, 2.45) is 0 Å². The fourth-order valence-electron chi connectivity index (χ4n) is 2.20. The normalized spacial score (nSPS) is 14.3. The average molecular weight is 273 g/mol. The van der Waals surface area contributed by atoms with Crippen LogP contribution in [0.2, 0.25) is 0 Å². The molecule has 4 nitrogen and oxygen atoms in total. The van der Waals surface area contributed by atoms with Crippen LogP contribution in [0.15, 0.2) is 30.5 Å². The fraction of sp³-hybridized carbons (Fsp3) is 0.267. The third-order valence-corrected chi connectivity index (χ3v) is 3.47. The minimum absolute atomic E-state index is 0.267. The molecule has 20 heavy (non-hydrogen) atoms. The number of amides is 1. The van der Waals surface area contributed by atoms with Gasteiger partial charge >= 0.3 is 0 Å². The maximum Gasteiger partial charge on any atom is 0.272 e. The molecule has 5 heteroatoms. The standard InChI is InChI=1S/C15H16FN3O/c1-9-2-3-11(7-13(9)16)18-15(20)14-6-10(17)8-19(14)12-4-5-12/h2-3,6-8,12H,4-5,17H2,1H3,(H,18,20). The number of aromatic nitrogens is 1. The summed E-state index contributed by atoms with van der Waals surface area (Å²) in [5.74, 6) is -0.600. The van der Waals surface area contributed by atoms with E-state index in [4.69, 9.17) is 5.73 Å². The van der Waals surface area contributed by atoms with E-state index in [-0.39, 0.29) is 11.7 Å². The Morgan fingerprint density at radius 1 is 1.40 bits per heavy atom. The van der Waals surface area contributed by atoms with Crippen LogP contribution in [-0.2, 0) is 0 Å². The number of hydrogen-bond acceptors (Lipinski definition) is 2. The van der Waals surface area contributed by atoms with Crippen LogP contribution in [0.4, 0.5) is 15.8 Å². The van der Waals surface area contributed by atoms with Crippen LogP contribution in [0.3, 0.4) is 0 Å². The molecular weight excluding hydrogens is 257 g/mol. The molecule has 0 saturated heterocycles. The van der Waals surface area contributed by atoms with Crippen LogP contribution in [-0.4, -0.2) is 10.5 Å². The second kappa shape index (κ2) is 4.67. The Labute approximate surface area is 116 Å². The molecule has 0 unspecified atom stereocenters. The molecule has 2 aromatic rings. The highest BCUT2D eigenvalue weighted by molar-refractivity contribution is 6.03. The Balaban J connectivity index is 1.84. The molecule has 1 heterocycles. The fourth-order valence-corrected chi connectivity index (χ4v) is 2.20. The Kier molecular flexibility index (Phi) is 2.97. The van der Waals surface area contributed by atoms with Crippen molar-refractivity contribution in [3.8, 4) is 0 Å². The maximum absolute atomic E-state index is 13.5. The first-order chi connectivity index (χ1) is 9.54. The molecule has 3 N–H and O–H groups in total. The third kappa shape index (κ3) is 2.39. The number of nitrogens with zero attached hydrogens (tertiary/aromatic N) is 1. The zero-order valence-electron chi connectivity index (χ0n) is 11.2. The molecule has 1 fully saturated rings. The molecule has 1 aromatic heterocycles. The van der Waals surface area contributed by atoms with E-state index < -0.39 is 0 Å². The number of carbonyl (C=O) groups is 1. The molecule has 0 bridgehead atoms. The molecule has 0 aliphatic heterocycles. The molecule has 1 aliphatic rings. The highest BCUT2D eigenvalue weighted by Gasteiger charge is 2.27. The van der Waals surface area contributed by atoms with Gasteiger partial charge in [-0.05, 0) is 43.5 Å². The Morgan fingerprint density at radius 3 is 2.80 bits per heavy atom. The van der Waals surface area contributed by atoms with E-state index in [9.17, 15) is 9.18 Å². The first kappa shape index (κ1) is 12.7. The van der Waals surface area contributed by atoms with Gasteiger partial charge in [0.05, 0.1) is 5.69 Å². The SMILES string of the molecule is Cc1ccc(NC(=O)c2cc(N)cn2C2CC2)cc1F. The third-order valence-electron chi connectivity index (χ3n) is 3.47. The molecule has 1 aliphatic carbocycles. The van der Waals surface area contributed by atoms with Crippen LogP contribution in [0, 0.1) is 12.7 Å². The average Bonchev–Trinajstić information content (AvgIpc) is 3.17. The van der Waals surface area contributed by atoms with E-state index in [1.165, 1.54) is 6.07 Å². The van der Waals surface area contributed by atoms with Gasteiger partial charge in [0.15, 0.2) is 0 Å². The summed E-state index contributed by atoms with van der Waals surface area (Å²) in [5, 5.41) is 2.71. The Morgan fingerprint density at radius 2 is 2.15 bits per heavy atom. The van der Waals surface area contributed by atoms with Gasteiger partial charge in [-0.25, -0.2) is 4.39 Å². The van der Waals surface area contributed by atoms with E-state index in [0.717, 1.165) is 12.8 Å². The summed E-state index contributed by atoms with van der Waals surface area (Å²) >= 11 is 0. The number of nitrogen functional groups attached to an aromatic ring is 1. The van der Waals surface area contributed by atoms with Crippen molar-refractivity contribution in [3.63, 3.8) is 0 Å². The van der Waals surface area contributed by atoms with Gasteiger partial charge in [-0.1, -0.05) is 6.07 Å². The van der Waals surface area contributed by atoms with Crippen LogP contribution in [0.25, 0.3) is 0 Å². The van der Waals surface area contributed by atoms with E-state index in [1.54, 1.807) is 31.3 Å². The summed E-state index contributed by atoms with van der Waals surface area (Å²) < 4.78 is 15.4. The minimum Gasteiger partial charge on any atom is -0.397 e. The second-order valence-corrected chi connectivity index (χ2v) is 5.22. The molecule has 0 radical (unpaired) electrons. The molecule has 104 valence electrons. The van der Waals surface area contributed by atoms with Gasteiger partial charge in [-0.15, -0.1) is 0 Å². The lowest BCUT2D eigenvalue weighted by atomic mass is 10.2. The first-order valence-corrected chi connectivity index (χ1v) is 6.59. The second-order valence-electron chi connectivity index (χ2n) is 5.22. The summed E-state index contributed by atoms with van der Waals surface area (Å²) in [5.41, 5.74) is 7.84. The Hall–Kier alpha value is -2.30. The lowest BCUT2D eigenvalue weighted by Gasteiger charge is -2.09. The topological polar surface area (TPSA) is 60.1 Å². The van der Waals surface area contributed by atoms with Gasteiger partial charge in [0.25, 0.3) is 5.91 Å². The molecule has 1 aromatic carbocycles. The van der Waals surface area contributed by atoms with Gasteiger partial charge in [0.2, 0.25) is 0 Å². The largest absolute Gasteiger partial charge is 0.397 e. The summed E-state index contributed by atoms with van der Waals surface area (Å²) in [6.07, 6.45) is 3.91. The van der Waals surface area contributed by atoms with Gasteiger partial charge in [0.1, 0.15) is 11.5 Å². The van der Waals surface area contributed by atoms with Gasteiger partial charge in [0, 0.05) is 17.9 Å². The highest BCUT2D eigenvalue weighted by atomic mass is 19.1. The van der Waals surface area contributed by atoms with Crippen LogP contribution in [0.1, 0.15) is 34.9 Å². The summed E-state index contributed by atoms with van der Waals surface area (Å²) in [4.78, 5) is 12.3. The number of hydrogen-bond donors (Lipinski definition) is 2. The highest BCUT2D eigenvalue weighted by Crippen LogP contribution is 2.37. The number of rotatable bonds is 3. The predicted molar refractivity (Wildman–Crippen MR) is 76.2 cm³/mol. The zero-order chi connectivity index (χ0) is 14.3. The number of nitrogens with two attached hydrogens (primary N) is 1. The van der Waals surface area contributed by atoms with Crippen molar-refractivity contribution >= 4 is 17.3 Å².